The van der Waals surface area contributed by atoms with Gasteiger partial charge in [0.2, 0.25) is 0 Å². The van der Waals surface area contributed by atoms with E-state index in [1.807, 2.05) is 6.92 Å². The number of rotatable bonds is 1. The van der Waals surface area contributed by atoms with Crippen LogP contribution in [0.5, 0.6) is 0 Å². The highest BCUT2D eigenvalue weighted by molar-refractivity contribution is 7.05. The van der Waals surface area contributed by atoms with E-state index in [2.05, 4.69) is 14.9 Å². The van der Waals surface area contributed by atoms with Crippen LogP contribution < -0.4 is 5.32 Å². The zero-order valence-corrected chi connectivity index (χ0v) is 8.73. The maximum absolute atomic E-state index is 4.05. The summed E-state index contributed by atoms with van der Waals surface area (Å²) in [4.78, 5) is 1.34. The summed E-state index contributed by atoms with van der Waals surface area (Å²) in [5.74, 6) is 0. The van der Waals surface area contributed by atoms with E-state index in [-0.39, 0.29) is 0 Å². The molecule has 2 rings (SSSR count). The van der Waals surface area contributed by atoms with Gasteiger partial charge in [0, 0.05) is 6.04 Å². The lowest BCUT2D eigenvalue weighted by Gasteiger charge is -2.13. The molecule has 0 radical (unpaired) electrons. The molecule has 3 nitrogen and oxygen atoms in total. The molecular formula is C9H15N3S. The van der Waals surface area contributed by atoms with Gasteiger partial charge in [-0.05, 0) is 37.8 Å². The van der Waals surface area contributed by atoms with Crippen LogP contribution in [0.3, 0.4) is 0 Å². The first-order chi connectivity index (χ1) is 6.38. The number of aromatic nitrogens is 2. The summed E-state index contributed by atoms with van der Waals surface area (Å²) >= 11 is 1.54. The van der Waals surface area contributed by atoms with Gasteiger partial charge in [-0.25, -0.2) is 0 Å². The van der Waals surface area contributed by atoms with Gasteiger partial charge in [-0.15, -0.1) is 5.10 Å². The Bertz CT molecular complexity index is 264. The van der Waals surface area contributed by atoms with Crippen molar-refractivity contribution >= 4 is 11.5 Å². The second-order valence-electron chi connectivity index (χ2n) is 3.58. The van der Waals surface area contributed by atoms with Crippen LogP contribution in [0.15, 0.2) is 0 Å². The van der Waals surface area contributed by atoms with Gasteiger partial charge in [0.05, 0.1) is 10.6 Å². The molecule has 72 valence electrons. The molecule has 1 aromatic rings. The van der Waals surface area contributed by atoms with Crippen LogP contribution in [-0.2, 0) is 0 Å². The molecule has 13 heavy (non-hydrogen) atoms. The minimum Gasteiger partial charge on any atom is -0.309 e. The molecule has 1 atom stereocenters. The van der Waals surface area contributed by atoms with Crippen molar-refractivity contribution in [2.45, 2.75) is 38.6 Å². The van der Waals surface area contributed by atoms with Crippen LogP contribution in [-0.4, -0.2) is 16.1 Å². The van der Waals surface area contributed by atoms with Crippen LogP contribution in [0, 0.1) is 6.92 Å². The summed E-state index contributed by atoms with van der Waals surface area (Å²) in [6.07, 6.45) is 5.23. The predicted molar refractivity (Wildman–Crippen MR) is 53.9 cm³/mol. The highest BCUT2D eigenvalue weighted by Crippen LogP contribution is 2.26. The van der Waals surface area contributed by atoms with Crippen molar-refractivity contribution in [3.8, 4) is 0 Å². The van der Waals surface area contributed by atoms with Gasteiger partial charge in [0.25, 0.3) is 0 Å². The Balaban J connectivity index is 2.10. The molecule has 1 aliphatic heterocycles. The molecule has 1 saturated heterocycles. The second-order valence-corrected chi connectivity index (χ2v) is 4.36. The van der Waals surface area contributed by atoms with E-state index in [9.17, 15) is 0 Å². The zero-order valence-electron chi connectivity index (χ0n) is 7.92. The van der Waals surface area contributed by atoms with Gasteiger partial charge in [-0.1, -0.05) is 17.3 Å². The third kappa shape index (κ3) is 2.06. The Labute approximate surface area is 82.7 Å². The van der Waals surface area contributed by atoms with Crippen LogP contribution in [0.25, 0.3) is 0 Å². The van der Waals surface area contributed by atoms with Crippen molar-refractivity contribution < 1.29 is 0 Å². The summed E-state index contributed by atoms with van der Waals surface area (Å²) in [6.45, 7) is 3.19. The molecule has 1 unspecified atom stereocenters. The number of aryl methyl sites for hydroxylation is 1. The van der Waals surface area contributed by atoms with Gasteiger partial charge in [0.1, 0.15) is 0 Å². The summed E-state index contributed by atoms with van der Waals surface area (Å²) in [5.41, 5.74) is 1.10. The average Bonchev–Trinajstić information content (AvgIpc) is 2.43. The van der Waals surface area contributed by atoms with Gasteiger partial charge in [-0.2, -0.15) is 0 Å². The van der Waals surface area contributed by atoms with E-state index in [1.165, 1.54) is 30.6 Å². The Kier molecular flexibility index (Phi) is 2.90. The van der Waals surface area contributed by atoms with E-state index in [0.29, 0.717) is 6.04 Å². The smallest absolute Gasteiger partial charge is 0.0772 e. The van der Waals surface area contributed by atoms with Crippen molar-refractivity contribution in [1.82, 2.24) is 14.9 Å². The van der Waals surface area contributed by atoms with Gasteiger partial charge in [-0.3, -0.25) is 0 Å². The molecule has 4 heteroatoms. The first-order valence-electron chi connectivity index (χ1n) is 4.90. The van der Waals surface area contributed by atoms with Crippen LogP contribution in [0.2, 0.25) is 0 Å². The Morgan fingerprint density at radius 3 is 3.08 bits per heavy atom. The average molecular weight is 197 g/mol. The van der Waals surface area contributed by atoms with Crippen LogP contribution in [0.4, 0.5) is 0 Å². The summed E-state index contributed by atoms with van der Waals surface area (Å²) in [5, 5.41) is 7.61. The molecule has 0 bridgehead atoms. The third-order valence-corrected chi connectivity index (χ3v) is 3.50. The molecule has 0 saturated carbocycles. The van der Waals surface area contributed by atoms with E-state index < -0.39 is 0 Å². The second kappa shape index (κ2) is 4.15. The molecule has 2 heterocycles. The maximum atomic E-state index is 4.05. The van der Waals surface area contributed by atoms with Crippen molar-refractivity contribution in [3.63, 3.8) is 0 Å². The molecule has 1 N–H and O–H groups in total. The quantitative estimate of drug-likeness (QED) is 0.748. The lowest BCUT2D eigenvalue weighted by Crippen LogP contribution is -2.19. The topological polar surface area (TPSA) is 37.8 Å². The Hall–Kier alpha value is -0.480. The maximum Gasteiger partial charge on any atom is 0.0772 e. The standard InChI is InChI=1S/C9H15N3S/c1-7-9(13-12-11-7)8-5-3-2-4-6-10-8/h8,10H,2-6H2,1H3. The molecule has 1 aromatic heterocycles. The monoisotopic (exact) mass is 197 g/mol. The molecule has 0 aliphatic carbocycles. The zero-order chi connectivity index (χ0) is 9.10. The van der Waals surface area contributed by atoms with Crippen LogP contribution in [0.1, 0.15) is 42.3 Å². The van der Waals surface area contributed by atoms with Crippen molar-refractivity contribution in [3.05, 3.63) is 10.6 Å². The molecule has 0 aromatic carbocycles. The first kappa shape index (κ1) is 9.09. The SMILES string of the molecule is Cc1nnsc1C1CCCCCN1. The number of hydrogen-bond donors (Lipinski definition) is 1. The highest BCUT2D eigenvalue weighted by atomic mass is 32.1. The Morgan fingerprint density at radius 2 is 2.31 bits per heavy atom. The third-order valence-electron chi connectivity index (χ3n) is 2.56. The molecule has 1 fully saturated rings. The summed E-state index contributed by atoms with van der Waals surface area (Å²) in [7, 11) is 0. The predicted octanol–water partition coefficient (Wildman–Crippen LogP) is 2.05. The molecule has 1 aliphatic rings. The van der Waals surface area contributed by atoms with E-state index >= 15 is 0 Å². The van der Waals surface area contributed by atoms with Crippen molar-refractivity contribution in [2.75, 3.05) is 6.54 Å². The van der Waals surface area contributed by atoms with Crippen molar-refractivity contribution in [2.24, 2.45) is 0 Å². The highest BCUT2D eigenvalue weighted by Gasteiger charge is 2.17. The van der Waals surface area contributed by atoms with Crippen LogP contribution >= 0.6 is 11.5 Å². The number of hydrogen-bond acceptors (Lipinski definition) is 4. The number of nitrogens with one attached hydrogen (secondary N) is 1. The fourth-order valence-corrected chi connectivity index (χ4v) is 2.56. The minimum atomic E-state index is 0.516. The summed E-state index contributed by atoms with van der Waals surface area (Å²) < 4.78 is 3.98. The Morgan fingerprint density at radius 1 is 1.38 bits per heavy atom. The molecule has 0 spiro atoms. The van der Waals surface area contributed by atoms with Gasteiger partial charge >= 0.3 is 0 Å². The first-order valence-corrected chi connectivity index (χ1v) is 5.67. The van der Waals surface area contributed by atoms with E-state index in [0.717, 1.165) is 12.2 Å². The lowest BCUT2D eigenvalue weighted by molar-refractivity contribution is 0.539. The van der Waals surface area contributed by atoms with Gasteiger partial charge < -0.3 is 5.32 Å². The minimum absolute atomic E-state index is 0.516. The normalized spacial score (nSPS) is 24.2. The molecular weight excluding hydrogens is 182 g/mol. The van der Waals surface area contributed by atoms with Crippen molar-refractivity contribution in [1.29, 1.82) is 0 Å². The van der Waals surface area contributed by atoms with E-state index in [4.69, 9.17) is 0 Å². The molecule has 0 amide bonds. The van der Waals surface area contributed by atoms with Gasteiger partial charge in [0.15, 0.2) is 0 Å². The summed E-state index contributed by atoms with van der Waals surface area (Å²) in [6, 6.07) is 0.516. The largest absolute Gasteiger partial charge is 0.309 e. The number of nitrogens with zero attached hydrogens (tertiary/aromatic N) is 2. The van der Waals surface area contributed by atoms with E-state index in [1.54, 1.807) is 11.5 Å². The lowest BCUT2D eigenvalue weighted by atomic mass is 10.1. The fourth-order valence-electron chi connectivity index (χ4n) is 1.81. The fraction of sp³-hybridized carbons (Fsp3) is 0.778.